The van der Waals surface area contributed by atoms with Crippen LogP contribution >= 0.6 is 0 Å². The van der Waals surface area contributed by atoms with Crippen LogP contribution in [0.1, 0.15) is 29.5 Å². The topological polar surface area (TPSA) is 24.5 Å². The minimum absolute atomic E-state index is 0.594. The van der Waals surface area contributed by atoms with Crippen molar-refractivity contribution in [3.63, 3.8) is 0 Å². The van der Waals surface area contributed by atoms with Crippen LogP contribution in [0.3, 0.4) is 0 Å². The molecule has 0 saturated carbocycles. The molecule has 1 unspecified atom stereocenters. The molecule has 0 spiro atoms. The Bertz CT molecular complexity index is 762. The second-order valence-electron chi connectivity index (χ2n) is 6.98. The van der Waals surface area contributed by atoms with Crippen molar-refractivity contribution in [1.29, 1.82) is 0 Å². The first-order valence-corrected chi connectivity index (χ1v) is 9.22. The van der Waals surface area contributed by atoms with E-state index < -0.39 is 0 Å². The highest BCUT2D eigenvalue weighted by Crippen LogP contribution is 2.34. The average molecular weight is 334 g/mol. The van der Waals surface area contributed by atoms with Gasteiger partial charge in [0.25, 0.3) is 0 Å². The molecule has 2 heterocycles. The zero-order chi connectivity index (χ0) is 17.1. The van der Waals surface area contributed by atoms with E-state index in [0.29, 0.717) is 5.92 Å². The fourth-order valence-corrected chi connectivity index (χ4v) is 4.03. The lowest BCUT2D eigenvalue weighted by Crippen LogP contribution is -2.37. The molecule has 2 aliphatic heterocycles. The van der Waals surface area contributed by atoms with Gasteiger partial charge >= 0.3 is 0 Å². The molecule has 1 fully saturated rings. The van der Waals surface area contributed by atoms with Crippen molar-refractivity contribution in [1.82, 2.24) is 10.2 Å². The number of nitrogens with zero attached hydrogens (tertiary/aromatic N) is 1. The molecule has 4 rings (SSSR count). The summed E-state index contributed by atoms with van der Waals surface area (Å²) < 4.78 is 5.58. The van der Waals surface area contributed by atoms with Gasteiger partial charge in [0.15, 0.2) is 0 Å². The normalized spacial score (nSPS) is 20.0. The van der Waals surface area contributed by atoms with E-state index in [-0.39, 0.29) is 0 Å². The molecule has 2 aliphatic rings. The molecule has 1 N–H and O–H groups in total. The lowest BCUT2D eigenvalue weighted by atomic mass is 9.90. The van der Waals surface area contributed by atoms with E-state index in [9.17, 15) is 0 Å². The molecule has 1 atom stereocenters. The molecule has 25 heavy (non-hydrogen) atoms. The van der Waals surface area contributed by atoms with Gasteiger partial charge < -0.3 is 15.0 Å². The van der Waals surface area contributed by atoms with Crippen LogP contribution in [0.2, 0.25) is 0 Å². The smallest absolute Gasteiger partial charge is 0.123 e. The lowest BCUT2D eigenvalue weighted by Gasteiger charge is -2.38. The molecule has 0 amide bonds. The Kier molecular flexibility index (Phi) is 4.75. The molecule has 2 aromatic rings. The van der Waals surface area contributed by atoms with Crippen LogP contribution in [0.4, 0.5) is 0 Å². The van der Waals surface area contributed by atoms with Crippen LogP contribution in [-0.2, 0) is 13.1 Å². The summed E-state index contributed by atoms with van der Waals surface area (Å²) in [4.78, 5) is 2.54. The van der Waals surface area contributed by atoms with Gasteiger partial charge in [0.2, 0.25) is 0 Å². The summed E-state index contributed by atoms with van der Waals surface area (Å²) in [7, 11) is 1.76. The number of para-hydroxylation sites is 1. The fourth-order valence-electron chi connectivity index (χ4n) is 4.03. The van der Waals surface area contributed by atoms with E-state index in [1.807, 2.05) is 6.07 Å². The monoisotopic (exact) mass is 334 g/mol. The van der Waals surface area contributed by atoms with Crippen molar-refractivity contribution >= 4 is 6.08 Å². The van der Waals surface area contributed by atoms with Crippen LogP contribution in [0.15, 0.2) is 54.2 Å². The van der Waals surface area contributed by atoms with Gasteiger partial charge in [0, 0.05) is 36.8 Å². The molecular weight excluding hydrogens is 308 g/mol. The van der Waals surface area contributed by atoms with Gasteiger partial charge in [-0.25, -0.2) is 0 Å². The molecular formula is C22H26N2O. The Morgan fingerprint density at radius 2 is 1.96 bits per heavy atom. The van der Waals surface area contributed by atoms with Crippen molar-refractivity contribution < 1.29 is 4.74 Å². The van der Waals surface area contributed by atoms with Gasteiger partial charge in [0.1, 0.15) is 5.75 Å². The number of hydrogen-bond acceptors (Lipinski definition) is 3. The van der Waals surface area contributed by atoms with Gasteiger partial charge in [-0.1, -0.05) is 42.5 Å². The zero-order valence-corrected chi connectivity index (χ0v) is 14.9. The molecule has 130 valence electrons. The third-order valence-electron chi connectivity index (χ3n) is 5.35. The standard InChI is InChI=1S/C22H26N2O/c1-25-22-11-5-4-9-20(22)16-24-15-19-8-3-2-7-17(19)13-21(24)18-10-6-12-23-14-18/h2-5,7-9,11,13,18,23H,6,10,12,14-16H2,1H3. The van der Waals surface area contributed by atoms with E-state index >= 15 is 0 Å². The number of nitrogens with one attached hydrogen (secondary N) is 1. The van der Waals surface area contributed by atoms with Crippen molar-refractivity contribution in [2.45, 2.75) is 25.9 Å². The van der Waals surface area contributed by atoms with E-state index in [4.69, 9.17) is 4.74 Å². The first-order chi connectivity index (χ1) is 12.3. The Morgan fingerprint density at radius 3 is 2.80 bits per heavy atom. The predicted octanol–water partition coefficient (Wildman–Crippen LogP) is 4.05. The van der Waals surface area contributed by atoms with Gasteiger partial charge in [0.05, 0.1) is 7.11 Å². The number of piperidine rings is 1. The molecule has 3 heteroatoms. The average Bonchev–Trinajstić information content (AvgIpc) is 2.68. The number of benzene rings is 2. The van der Waals surface area contributed by atoms with Crippen molar-refractivity contribution in [2.24, 2.45) is 5.92 Å². The second-order valence-corrected chi connectivity index (χ2v) is 6.98. The second kappa shape index (κ2) is 7.32. The summed E-state index contributed by atoms with van der Waals surface area (Å²) in [6.45, 7) is 4.08. The van der Waals surface area contributed by atoms with Gasteiger partial charge in [-0.3, -0.25) is 0 Å². The van der Waals surface area contributed by atoms with Crippen molar-refractivity contribution in [3.05, 3.63) is 70.9 Å². The molecule has 0 aliphatic carbocycles. The quantitative estimate of drug-likeness (QED) is 0.913. The Morgan fingerprint density at radius 1 is 1.12 bits per heavy atom. The molecule has 0 radical (unpaired) electrons. The van der Waals surface area contributed by atoms with Crippen LogP contribution in [0, 0.1) is 5.92 Å². The molecule has 2 aromatic carbocycles. The van der Waals surface area contributed by atoms with E-state index in [2.05, 4.69) is 58.8 Å². The lowest BCUT2D eigenvalue weighted by molar-refractivity contribution is 0.258. The van der Waals surface area contributed by atoms with Crippen LogP contribution < -0.4 is 10.1 Å². The Labute approximate surface area is 150 Å². The summed E-state index contributed by atoms with van der Waals surface area (Å²) in [6.07, 6.45) is 4.93. The third-order valence-corrected chi connectivity index (χ3v) is 5.35. The van der Waals surface area contributed by atoms with E-state index in [1.165, 1.54) is 35.2 Å². The fraction of sp³-hybridized carbons (Fsp3) is 0.364. The minimum Gasteiger partial charge on any atom is -0.496 e. The zero-order valence-electron chi connectivity index (χ0n) is 14.9. The first-order valence-electron chi connectivity index (χ1n) is 9.22. The molecule has 3 nitrogen and oxygen atoms in total. The number of hydrogen-bond donors (Lipinski definition) is 1. The van der Waals surface area contributed by atoms with E-state index in [0.717, 1.165) is 31.9 Å². The highest BCUT2D eigenvalue weighted by Gasteiger charge is 2.26. The number of rotatable bonds is 4. The van der Waals surface area contributed by atoms with Crippen LogP contribution in [0.5, 0.6) is 5.75 Å². The third kappa shape index (κ3) is 3.42. The summed E-state index contributed by atoms with van der Waals surface area (Å²) in [6, 6.07) is 17.1. The van der Waals surface area contributed by atoms with Crippen molar-refractivity contribution in [2.75, 3.05) is 20.2 Å². The van der Waals surface area contributed by atoms with Gasteiger partial charge in [-0.2, -0.15) is 0 Å². The summed E-state index contributed by atoms with van der Waals surface area (Å²) in [5.74, 6) is 1.57. The maximum absolute atomic E-state index is 5.58. The number of fused-ring (bicyclic) bond motifs is 1. The SMILES string of the molecule is COc1ccccc1CN1Cc2ccccc2C=C1C1CCCNC1. The summed E-state index contributed by atoms with van der Waals surface area (Å²) in [5.41, 5.74) is 5.50. The first kappa shape index (κ1) is 16.2. The van der Waals surface area contributed by atoms with Gasteiger partial charge in [-0.05, 0) is 42.7 Å². The largest absolute Gasteiger partial charge is 0.496 e. The van der Waals surface area contributed by atoms with Crippen LogP contribution in [0.25, 0.3) is 6.08 Å². The number of methoxy groups -OCH3 is 1. The maximum Gasteiger partial charge on any atom is 0.123 e. The Balaban J connectivity index is 1.67. The minimum atomic E-state index is 0.594. The summed E-state index contributed by atoms with van der Waals surface area (Å²) >= 11 is 0. The highest BCUT2D eigenvalue weighted by molar-refractivity contribution is 5.59. The maximum atomic E-state index is 5.58. The molecule has 1 saturated heterocycles. The van der Waals surface area contributed by atoms with Gasteiger partial charge in [-0.15, -0.1) is 0 Å². The Hall–Kier alpha value is -2.26. The van der Waals surface area contributed by atoms with Crippen LogP contribution in [-0.4, -0.2) is 25.1 Å². The molecule has 0 aromatic heterocycles. The highest BCUT2D eigenvalue weighted by atomic mass is 16.5. The number of ether oxygens (including phenoxy) is 1. The van der Waals surface area contributed by atoms with E-state index in [1.54, 1.807) is 7.11 Å². The molecule has 0 bridgehead atoms. The predicted molar refractivity (Wildman–Crippen MR) is 102 cm³/mol. The summed E-state index contributed by atoms with van der Waals surface area (Å²) in [5, 5.41) is 3.57. The van der Waals surface area contributed by atoms with Crippen molar-refractivity contribution in [3.8, 4) is 5.75 Å².